The summed E-state index contributed by atoms with van der Waals surface area (Å²) in [5.41, 5.74) is 3.12. The van der Waals surface area contributed by atoms with Gasteiger partial charge in [-0.15, -0.1) is 0 Å². The molecule has 1 fully saturated rings. The highest BCUT2D eigenvalue weighted by Gasteiger charge is 2.34. The number of fused-ring (bicyclic) bond motifs is 4. The second kappa shape index (κ2) is 13.7. The summed E-state index contributed by atoms with van der Waals surface area (Å²) in [7, 11) is 0. The number of hydrogen-bond acceptors (Lipinski definition) is 7. The van der Waals surface area contributed by atoms with E-state index in [0.29, 0.717) is 22.4 Å². The number of nitrogens with zero attached hydrogens (tertiary/aromatic N) is 2. The van der Waals surface area contributed by atoms with Crippen LogP contribution in [-0.4, -0.2) is 52.2 Å². The van der Waals surface area contributed by atoms with Crippen LogP contribution in [0.15, 0.2) is 53.4 Å². The first-order chi connectivity index (χ1) is 18.0. The van der Waals surface area contributed by atoms with Crippen LogP contribution in [0.1, 0.15) is 55.7 Å². The molecule has 2 aliphatic rings. The Morgan fingerprint density at radius 3 is 2.70 bits per heavy atom. The van der Waals surface area contributed by atoms with Gasteiger partial charge in [-0.25, -0.2) is 0 Å². The topological polar surface area (TPSA) is 59.1 Å². The number of esters is 1. The van der Waals surface area contributed by atoms with E-state index in [4.69, 9.17) is 21.7 Å². The highest BCUT2D eigenvalue weighted by molar-refractivity contribution is 8.26. The maximum atomic E-state index is 13.0. The number of thioether (sulfide) groups is 1. The molecular formula is C29H34N2O4S2. The zero-order valence-corrected chi connectivity index (χ0v) is 23.0. The van der Waals surface area contributed by atoms with Crippen LogP contribution in [0.25, 0.3) is 6.08 Å². The first-order valence-corrected chi connectivity index (χ1v) is 14.2. The number of unbranched alkanes of at least 4 members (excludes halogenated alkanes) is 2. The predicted octanol–water partition coefficient (Wildman–Crippen LogP) is 5.80. The molecule has 0 radical (unpaired) electrons. The van der Waals surface area contributed by atoms with Gasteiger partial charge >= 0.3 is 5.97 Å². The minimum absolute atomic E-state index is 0.150. The number of benzene rings is 2. The molecule has 6 nitrogen and oxygen atoms in total. The van der Waals surface area contributed by atoms with Crippen molar-refractivity contribution in [1.29, 1.82) is 0 Å². The number of thiocarbonyl (C=S) groups is 1. The lowest BCUT2D eigenvalue weighted by Gasteiger charge is -2.24. The predicted molar refractivity (Wildman–Crippen MR) is 152 cm³/mol. The van der Waals surface area contributed by atoms with E-state index < -0.39 is 5.97 Å². The van der Waals surface area contributed by atoms with E-state index in [1.54, 1.807) is 0 Å². The summed E-state index contributed by atoms with van der Waals surface area (Å²) in [6.45, 7) is 5.55. The van der Waals surface area contributed by atoms with Crippen molar-refractivity contribution < 1.29 is 19.1 Å². The summed E-state index contributed by atoms with van der Waals surface area (Å²) in [5.74, 6) is 0.168. The molecule has 0 aromatic heterocycles. The molecule has 8 heteroatoms. The Morgan fingerprint density at radius 1 is 1.05 bits per heavy atom. The maximum absolute atomic E-state index is 13.0. The standard InChI is InChI=1S/C29H34N2O4S2/c1-2-3-7-14-30-15-8-9-16-34-27(32)20-31-28(33)26(37-29(31)36)18-23-12-13-25(24(17-23)19-30)35-21-22-10-5-4-6-11-22/h4-6,10-13,17-18H,2-3,7-9,14-16,19-21H2,1H3/b26-18-. The Kier molecular flexibility index (Phi) is 10.2. The second-order valence-corrected chi connectivity index (χ2v) is 11.0. The summed E-state index contributed by atoms with van der Waals surface area (Å²) in [6.07, 6.45) is 7.03. The summed E-state index contributed by atoms with van der Waals surface area (Å²) >= 11 is 6.60. The van der Waals surface area contributed by atoms with Crippen molar-refractivity contribution in [2.24, 2.45) is 0 Å². The Balaban J connectivity index is 1.64. The highest BCUT2D eigenvalue weighted by Crippen LogP contribution is 2.33. The van der Waals surface area contributed by atoms with E-state index in [2.05, 4.69) is 30.0 Å². The van der Waals surface area contributed by atoms with Gasteiger partial charge in [0.15, 0.2) is 0 Å². The number of rotatable bonds is 7. The van der Waals surface area contributed by atoms with Crippen LogP contribution in [0.2, 0.25) is 0 Å². The molecule has 1 amide bonds. The van der Waals surface area contributed by atoms with Crippen LogP contribution in [0.5, 0.6) is 5.75 Å². The Labute approximate surface area is 229 Å². The monoisotopic (exact) mass is 538 g/mol. The Morgan fingerprint density at radius 2 is 1.89 bits per heavy atom. The average Bonchev–Trinajstić information content (AvgIpc) is 3.15. The van der Waals surface area contributed by atoms with E-state index in [1.165, 1.54) is 29.5 Å². The van der Waals surface area contributed by atoms with E-state index in [1.807, 2.05) is 36.4 Å². The van der Waals surface area contributed by atoms with Gasteiger partial charge in [0.25, 0.3) is 5.91 Å². The van der Waals surface area contributed by atoms with E-state index >= 15 is 0 Å². The van der Waals surface area contributed by atoms with Crippen molar-refractivity contribution >= 4 is 46.3 Å². The van der Waals surface area contributed by atoms with Crippen molar-refractivity contribution in [3.05, 3.63) is 70.1 Å². The fraction of sp³-hybridized carbons (Fsp3) is 0.414. The number of amides is 1. The number of hydrogen-bond donors (Lipinski definition) is 0. The number of ether oxygens (including phenoxy) is 2. The summed E-state index contributed by atoms with van der Waals surface area (Å²) in [6, 6.07) is 16.2. The normalized spacial score (nSPS) is 18.9. The molecule has 0 atom stereocenters. The first kappa shape index (κ1) is 27.4. The maximum Gasteiger partial charge on any atom is 0.326 e. The van der Waals surface area contributed by atoms with Crippen molar-refractivity contribution in [3.8, 4) is 5.75 Å². The molecule has 37 heavy (non-hydrogen) atoms. The molecule has 2 heterocycles. The van der Waals surface area contributed by atoms with Gasteiger partial charge in [-0.2, -0.15) is 0 Å². The fourth-order valence-electron chi connectivity index (χ4n) is 4.37. The third kappa shape index (κ3) is 7.90. The third-order valence-corrected chi connectivity index (χ3v) is 7.76. The third-order valence-electron chi connectivity index (χ3n) is 6.38. The van der Waals surface area contributed by atoms with Gasteiger partial charge in [0.2, 0.25) is 0 Å². The van der Waals surface area contributed by atoms with Gasteiger partial charge in [-0.3, -0.25) is 19.4 Å². The van der Waals surface area contributed by atoms with Gasteiger partial charge in [0.1, 0.15) is 23.2 Å². The van der Waals surface area contributed by atoms with Crippen LogP contribution in [0, 0.1) is 0 Å². The van der Waals surface area contributed by atoms with Gasteiger partial charge < -0.3 is 9.47 Å². The largest absolute Gasteiger partial charge is 0.489 e. The Bertz CT molecular complexity index is 1140. The molecule has 2 aromatic carbocycles. The van der Waals surface area contributed by atoms with Crippen LogP contribution in [0.3, 0.4) is 0 Å². The molecule has 4 bridgehead atoms. The molecule has 196 valence electrons. The van der Waals surface area contributed by atoms with E-state index in [0.717, 1.165) is 61.3 Å². The van der Waals surface area contributed by atoms with Crippen LogP contribution >= 0.6 is 24.0 Å². The van der Waals surface area contributed by atoms with Crippen molar-refractivity contribution in [2.75, 3.05) is 26.2 Å². The minimum Gasteiger partial charge on any atom is -0.489 e. The van der Waals surface area contributed by atoms with Gasteiger partial charge in [-0.1, -0.05) is 80.1 Å². The summed E-state index contributed by atoms with van der Waals surface area (Å²) < 4.78 is 12.1. The molecular weight excluding hydrogens is 504 g/mol. The lowest BCUT2D eigenvalue weighted by atomic mass is 10.1. The lowest BCUT2D eigenvalue weighted by Crippen LogP contribution is -2.34. The van der Waals surface area contributed by atoms with E-state index in [9.17, 15) is 9.59 Å². The number of carbonyl (C=O) groups is 2. The Hall–Kier alpha value is -2.68. The average molecular weight is 539 g/mol. The first-order valence-electron chi connectivity index (χ1n) is 13.0. The SMILES string of the molecule is CCCCCN1CCCCOC(=O)CN2C(=O)/C(=C/c3ccc(OCc4ccccc4)c(c3)C1)SC2=S. The van der Waals surface area contributed by atoms with Crippen molar-refractivity contribution in [2.45, 2.75) is 52.2 Å². The zero-order chi connectivity index (χ0) is 26.0. The minimum atomic E-state index is -0.424. The van der Waals surface area contributed by atoms with Crippen molar-refractivity contribution in [1.82, 2.24) is 9.80 Å². The fourth-order valence-corrected chi connectivity index (χ4v) is 5.63. The van der Waals surface area contributed by atoms with Crippen LogP contribution < -0.4 is 4.74 Å². The molecule has 0 aliphatic carbocycles. The molecule has 2 aromatic rings. The zero-order valence-electron chi connectivity index (χ0n) is 21.3. The van der Waals surface area contributed by atoms with Crippen LogP contribution in [0.4, 0.5) is 0 Å². The molecule has 4 rings (SSSR count). The van der Waals surface area contributed by atoms with Gasteiger partial charge in [-0.05, 0) is 61.7 Å². The summed E-state index contributed by atoms with van der Waals surface area (Å²) in [5, 5.41) is 0. The quantitative estimate of drug-likeness (QED) is 0.251. The van der Waals surface area contributed by atoms with Crippen LogP contribution in [-0.2, 0) is 27.5 Å². The lowest BCUT2D eigenvalue weighted by molar-refractivity contribution is -0.146. The number of cyclic esters (lactones) is 1. The van der Waals surface area contributed by atoms with Crippen molar-refractivity contribution in [3.63, 3.8) is 0 Å². The smallest absolute Gasteiger partial charge is 0.326 e. The second-order valence-electron chi connectivity index (χ2n) is 9.32. The molecule has 2 aliphatic heterocycles. The molecule has 0 saturated carbocycles. The number of carbonyl (C=O) groups excluding carboxylic acids is 2. The van der Waals surface area contributed by atoms with E-state index in [-0.39, 0.29) is 12.5 Å². The van der Waals surface area contributed by atoms with Gasteiger partial charge in [0, 0.05) is 12.1 Å². The summed E-state index contributed by atoms with van der Waals surface area (Å²) in [4.78, 5) is 29.6. The molecule has 1 saturated heterocycles. The van der Waals surface area contributed by atoms with Gasteiger partial charge in [0.05, 0.1) is 11.5 Å². The highest BCUT2D eigenvalue weighted by atomic mass is 32.2. The molecule has 0 spiro atoms. The molecule has 0 N–H and O–H groups in total. The molecule has 0 unspecified atom stereocenters.